The molecule has 1 saturated heterocycles. The van der Waals surface area contributed by atoms with Crippen LogP contribution in [0.15, 0.2) is 33.9 Å². The second-order valence-electron chi connectivity index (χ2n) is 7.63. The molecule has 0 N–H and O–H groups in total. The lowest BCUT2D eigenvalue weighted by molar-refractivity contribution is -0.140. The van der Waals surface area contributed by atoms with Crippen LogP contribution in [0, 0.1) is 35.5 Å². The molecule has 4 aliphatic carbocycles. The fourth-order valence-corrected chi connectivity index (χ4v) is 5.81. The molecule has 2 bridgehead atoms. The van der Waals surface area contributed by atoms with E-state index in [1.165, 1.54) is 6.21 Å². The molecular formula is C20H19BrN2O4. The first-order valence-electron chi connectivity index (χ1n) is 9.06. The molecule has 6 nitrogen and oxygen atoms in total. The van der Waals surface area contributed by atoms with E-state index in [0.717, 1.165) is 11.4 Å². The van der Waals surface area contributed by atoms with Crippen molar-refractivity contribution in [1.82, 2.24) is 5.01 Å². The lowest BCUT2D eigenvalue weighted by Gasteiger charge is -2.37. The number of amides is 2. The molecule has 0 spiro atoms. The maximum atomic E-state index is 12.9. The number of halogens is 1. The summed E-state index contributed by atoms with van der Waals surface area (Å²) in [5.41, 5.74) is 0.707. The van der Waals surface area contributed by atoms with Crippen molar-refractivity contribution < 1.29 is 19.1 Å². The number of rotatable bonds is 4. The lowest BCUT2D eigenvalue weighted by Crippen LogP contribution is -2.40. The second kappa shape index (κ2) is 5.92. The van der Waals surface area contributed by atoms with Crippen LogP contribution in [0.25, 0.3) is 0 Å². The predicted octanol–water partition coefficient (Wildman–Crippen LogP) is 2.85. The number of allylic oxidation sites excluding steroid dienone is 2. The van der Waals surface area contributed by atoms with Gasteiger partial charge in [-0.1, -0.05) is 12.2 Å². The monoisotopic (exact) mass is 430 g/mol. The van der Waals surface area contributed by atoms with Crippen molar-refractivity contribution in [3.8, 4) is 11.5 Å². The summed E-state index contributed by atoms with van der Waals surface area (Å²) in [5.74, 6) is 1.92. The summed E-state index contributed by atoms with van der Waals surface area (Å²) in [6.07, 6.45) is 6.99. The number of hydrogen-bond donors (Lipinski definition) is 0. The molecule has 7 heteroatoms. The van der Waals surface area contributed by atoms with Crippen LogP contribution in [0.2, 0.25) is 0 Å². The average Bonchev–Trinajstić information content (AvgIpc) is 3.45. The Morgan fingerprint density at radius 3 is 2.26 bits per heavy atom. The summed E-state index contributed by atoms with van der Waals surface area (Å²) in [5, 5.41) is 5.33. The highest BCUT2D eigenvalue weighted by Gasteiger charge is 2.67. The Balaban J connectivity index is 1.43. The van der Waals surface area contributed by atoms with E-state index in [0.29, 0.717) is 33.4 Å². The zero-order valence-corrected chi connectivity index (χ0v) is 16.5. The van der Waals surface area contributed by atoms with Crippen LogP contribution < -0.4 is 9.47 Å². The fraction of sp³-hybridized carbons (Fsp3) is 0.450. The number of hydrogen-bond acceptors (Lipinski definition) is 5. The van der Waals surface area contributed by atoms with Gasteiger partial charge in [0, 0.05) is 0 Å². The minimum Gasteiger partial charge on any atom is -0.493 e. The van der Waals surface area contributed by atoms with Gasteiger partial charge in [-0.3, -0.25) is 9.59 Å². The largest absolute Gasteiger partial charge is 0.493 e. The highest BCUT2D eigenvalue weighted by Crippen LogP contribution is 2.65. The van der Waals surface area contributed by atoms with Gasteiger partial charge < -0.3 is 9.47 Å². The van der Waals surface area contributed by atoms with Gasteiger partial charge in [-0.25, -0.2) is 0 Å². The zero-order chi connectivity index (χ0) is 18.9. The topological polar surface area (TPSA) is 68.2 Å². The number of carbonyl (C=O) groups is 2. The summed E-state index contributed by atoms with van der Waals surface area (Å²) in [4.78, 5) is 25.8. The summed E-state index contributed by atoms with van der Waals surface area (Å²) in [6, 6.07) is 3.56. The molecular weight excluding hydrogens is 412 g/mol. The third-order valence-corrected chi connectivity index (χ3v) is 7.01. The van der Waals surface area contributed by atoms with Crippen molar-refractivity contribution in [1.29, 1.82) is 0 Å². The van der Waals surface area contributed by atoms with Crippen molar-refractivity contribution in [2.24, 2.45) is 40.6 Å². The molecule has 3 fully saturated rings. The molecule has 27 heavy (non-hydrogen) atoms. The minimum atomic E-state index is -0.231. The number of carbonyl (C=O) groups excluding carboxylic acids is 2. The average molecular weight is 431 g/mol. The molecule has 1 aromatic rings. The summed E-state index contributed by atoms with van der Waals surface area (Å²) < 4.78 is 11.3. The van der Waals surface area contributed by atoms with Gasteiger partial charge >= 0.3 is 0 Å². The van der Waals surface area contributed by atoms with Crippen molar-refractivity contribution in [2.45, 2.75) is 6.42 Å². The first kappa shape index (κ1) is 17.0. The molecule has 1 aromatic carbocycles. The number of nitrogens with zero attached hydrogens (tertiary/aromatic N) is 2. The highest BCUT2D eigenvalue weighted by atomic mass is 79.9. The van der Waals surface area contributed by atoms with Gasteiger partial charge in [0.1, 0.15) is 0 Å². The Morgan fingerprint density at radius 1 is 1.07 bits per heavy atom. The number of ether oxygens (including phenoxy) is 2. The molecule has 6 atom stereocenters. The van der Waals surface area contributed by atoms with Gasteiger partial charge in [0.15, 0.2) is 11.5 Å². The smallest absolute Gasteiger partial charge is 0.254 e. The van der Waals surface area contributed by atoms with Gasteiger partial charge in [-0.05, 0) is 63.7 Å². The van der Waals surface area contributed by atoms with Crippen LogP contribution in [0.1, 0.15) is 12.0 Å². The number of imide groups is 1. The molecule has 0 aromatic heterocycles. The van der Waals surface area contributed by atoms with Crippen LogP contribution in [-0.4, -0.2) is 37.3 Å². The SMILES string of the molecule is COc1cc(/C=N\N2C(=O)[C@H]3[C@@H]4C=C[C@H]([C@H]5C[C@H]45)[C@@H]3C2=O)cc(Br)c1OC. The van der Waals surface area contributed by atoms with Crippen molar-refractivity contribution in [3.63, 3.8) is 0 Å². The van der Waals surface area contributed by atoms with E-state index in [1.807, 2.05) is 6.07 Å². The molecule has 6 rings (SSSR count). The zero-order valence-electron chi connectivity index (χ0n) is 15.0. The number of benzene rings is 1. The van der Waals surface area contributed by atoms with Crippen LogP contribution in [0.3, 0.4) is 0 Å². The first-order chi connectivity index (χ1) is 13.0. The van der Waals surface area contributed by atoms with E-state index in [2.05, 4.69) is 33.2 Å². The van der Waals surface area contributed by atoms with Gasteiger partial charge in [0.05, 0.1) is 36.7 Å². The van der Waals surface area contributed by atoms with Gasteiger partial charge in [-0.15, -0.1) is 0 Å². The molecule has 2 amide bonds. The Labute approximate surface area is 165 Å². The molecule has 0 radical (unpaired) electrons. The molecule has 5 aliphatic rings. The highest BCUT2D eigenvalue weighted by molar-refractivity contribution is 9.10. The molecule has 2 saturated carbocycles. The van der Waals surface area contributed by atoms with Crippen LogP contribution >= 0.6 is 15.9 Å². The van der Waals surface area contributed by atoms with E-state index >= 15 is 0 Å². The van der Waals surface area contributed by atoms with E-state index in [4.69, 9.17) is 9.47 Å². The number of hydrazone groups is 1. The summed E-state index contributed by atoms with van der Waals surface area (Å²) in [6.45, 7) is 0. The Bertz CT molecular complexity index is 875. The van der Waals surface area contributed by atoms with Gasteiger partial charge in [0.2, 0.25) is 0 Å². The minimum absolute atomic E-state index is 0.162. The quantitative estimate of drug-likeness (QED) is 0.418. The molecule has 140 valence electrons. The summed E-state index contributed by atoms with van der Waals surface area (Å²) in [7, 11) is 3.12. The van der Waals surface area contributed by atoms with Crippen molar-refractivity contribution in [3.05, 3.63) is 34.3 Å². The maximum absolute atomic E-state index is 12.9. The summed E-state index contributed by atoms with van der Waals surface area (Å²) >= 11 is 3.44. The van der Waals surface area contributed by atoms with E-state index in [1.54, 1.807) is 20.3 Å². The van der Waals surface area contributed by atoms with Crippen LogP contribution in [0.5, 0.6) is 11.5 Å². The normalized spacial score (nSPS) is 35.6. The predicted molar refractivity (Wildman–Crippen MR) is 101 cm³/mol. The first-order valence-corrected chi connectivity index (χ1v) is 9.86. The molecule has 1 aliphatic heterocycles. The molecule has 0 unspecified atom stereocenters. The number of methoxy groups -OCH3 is 2. The third-order valence-electron chi connectivity index (χ3n) is 6.42. The van der Waals surface area contributed by atoms with E-state index in [9.17, 15) is 9.59 Å². The Kier molecular flexibility index (Phi) is 3.73. The van der Waals surface area contributed by atoms with Gasteiger partial charge in [-0.2, -0.15) is 10.1 Å². The standard InChI is InChI=1S/C20H19BrN2O4/c1-26-15-6-9(5-14(21)18(15)27-2)8-22-23-19(24)16-10-3-4-11(13-7-12(10)13)17(16)20(23)25/h3-6,8,10-13,16-17H,7H2,1-2H3/b22-8-/t10-,11-,12-,13-,16+,17+/m1/s1. The van der Waals surface area contributed by atoms with Crippen LogP contribution in [0.4, 0.5) is 0 Å². The van der Waals surface area contributed by atoms with E-state index in [-0.39, 0.29) is 35.5 Å². The Hall–Kier alpha value is -2.15. The second-order valence-corrected chi connectivity index (χ2v) is 8.48. The van der Waals surface area contributed by atoms with Crippen molar-refractivity contribution in [2.75, 3.05) is 14.2 Å². The van der Waals surface area contributed by atoms with E-state index < -0.39 is 0 Å². The Morgan fingerprint density at radius 2 is 1.70 bits per heavy atom. The molecule has 1 heterocycles. The maximum Gasteiger partial charge on any atom is 0.254 e. The third kappa shape index (κ3) is 2.33. The fourth-order valence-electron chi connectivity index (χ4n) is 5.19. The lowest BCUT2D eigenvalue weighted by atomic mass is 9.63. The van der Waals surface area contributed by atoms with Crippen LogP contribution in [-0.2, 0) is 9.59 Å². The van der Waals surface area contributed by atoms with Crippen molar-refractivity contribution >= 4 is 34.0 Å². The van der Waals surface area contributed by atoms with Gasteiger partial charge in [0.25, 0.3) is 11.8 Å².